The Morgan fingerprint density at radius 3 is 2.48 bits per heavy atom. The van der Waals surface area contributed by atoms with Gasteiger partial charge in [0.15, 0.2) is 0 Å². The molecule has 2 aromatic carbocycles. The summed E-state index contributed by atoms with van der Waals surface area (Å²) >= 11 is 3.07. The van der Waals surface area contributed by atoms with Gasteiger partial charge in [-0.3, -0.25) is 0 Å². The van der Waals surface area contributed by atoms with E-state index in [4.69, 9.17) is 0 Å². The maximum absolute atomic E-state index is 14.0. The highest BCUT2D eigenvalue weighted by atomic mass is 79.9. The van der Waals surface area contributed by atoms with Gasteiger partial charge in [0.05, 0.1) is 11.3 Å². The number of anilines is 1. The summed E-state index contributed by atoms with van der Waals surface area (Å²) in [6, 6.07) is 9.33. The van der Waals surface area contributed by atoms with Crippen LogP contribution >= 0.6 is 15.9 Å². The number of carboxylic acid groups (broad SMARTS) is 1. The molecule has 1 aromatic heterocycles. The molecule has 0 saturated carbocycles. The van der Waals surface area contributed by atoms with Gasteiger partial charge in [-0.25, -0.2) is 23.5 Å². The molecule has 0 amide bonds. The van der Waals surface area contributed by atoms with Crippen molar-refractivity contribution in [1.82, 2.24) is 9.97 Å². The molecule has 0 atom stereocenters. The van der Waals surface area contributed by atoms with Gasteiger partial charge in [-0.05, 0) is 48.6 Å². The van der Waals surface area contributed by atoms with Gasteiger partial charge in [-0.2, -0.15) is 0 Å². The van der Waals surface area contributed by atoms with E-state index in [9.17, 15) is 18.7 Å². The lowest BCUT2D eigenvalue weighted by Gasteiger charge is -2.12. The molecule has 0 aliphatic rings. The molecule has 0 aliphatic heterocycles. The molecule has 3 rings (SSSR count). The van der Waals surface area contributed by atoms with Crippen LogP contribution in [0.5, 0.6) is 0 Å². The third-order valence-corrected chi connectivity index (χ3v) is 5.17. The van der Waals surface area contributed by atoms with Crippen LogP contribution in [0.15, 0.2) is 47.2 Å². The Labute approximate surface area is 187 Å². The molecule has 3 aromatic rings. The highest BCUT2D eigenvalue weighted by Gasteiger charge is 2.14. The van der Waals surface area contributed by atoms with Crippen molar-refractivity contribution in [1.29, 1.82) is 0 Å². The number of nitrogens with one attached hydrogen (secondary N) is 1. The number of halogens is 3. The average Bonchev–Trinajstić information content (AvgIpc) is 2.69. The Balaban J connectivity index is 1.77. The molecule has 5 nitrogen and oxygen atoms in total. The predicted octanol–water partition coefficient (Wildman–Crippen LogP) is 5.74. The third kappa shape index (κ3) is 5.85. The van der Waals surface area contributed by atoms with E-state index in [1.165, 1.54) is 18.5 Å². The molecule has 0 unspecified atom stereocenters. The van der Waals surface area contributed by atoms with E-state index in [0.29, 0.717) is 28.3 Å². The minimum atomic E-state index is -0.959. The van der Waals surface area contributed by atoms with Gasteiger partial charge in [-0.15, -0.1) is 0 Å². The number of aromatic carboxylic acids is 1. The second-order valence-electron chi connectivity index (χ2n) is 7.59. The molecule has 0 fully saturated rings. The van der Waals surface area contributed by atoms with Crippen molar-refractivity contribution in [3.63, 3.8) is 0 Å². The van der Waals surface area contributed by atoms with Crippen LogP contribution in [-0.4, -0.2) is 27.6 Å². The van der Waals surface area contributed by atoms with Gasteiger partial charge in [0.25, 0.3) is 0 Å². The van der Waals surface area contributed by atoms with E-state index in [-0.39, 0.29) is 24.1 Å². The number of benzene rings is 2. The molecule has 1 heterocycles. The number of aromatic nitrogens is 2. The molecule has 0 spiro atoms. The summed E-state index contributed by atoms with van der Waals surface area (Å²) in [6.07, 6.45) is 2.18. The molecule has 0 aliphatic carbocycles. The normalized spacial score (nSPS) is 11.0. The average molecular weight is 490 g/mol. The van der Waals surface area contributed by atoms with Crippen molar-refractivity contribution in [2.75, 3.05) is 11.9 Å². The molecule has 0 bridgehead atoms. The van der Waals surface area contributed by atoms with E-state index in [1.54, 1.807) is 18.2 Å². The molecular formula is C23H22BrF2N3O2. The number of hydrogen-bond acceptors (Lipinski definition) is 4. The smallest absolute Gasteiger partial charge is 0.335 e. The van der Waals surface area contributed by atoms with E-state index in [2.05, 4.69) is 31.2 Å². The zero-order chi connectivity index (χ0) is 22.5. The number of rotatable bonds is 8. The lowest BCUT2D eigenvalue weighted by atomic mass is 9.95. The molecule has 0 saturated heterocycles. The minimum absolute atomic E-state index is 0.00701. The van der Waals surface area contributed by atoms with E-state index in [1.807, 2.05) is 19.9 Å². The van der Waals surface area contributed by atoms with Gasteiger partial charge in [-0.1, -0.05) is 35.8 Å². The van der Waals surface area contributed by atoms with Crippen LogP contribution in [0.2, 0.25) is 0 Å². The van der Waals surface area contributed by atoms with Crippen LogP contribution in [0.3, 0.4) is 0 Å². The van der Waals surface area contributed by atoms with Crippen LogP contribution in [0, 0.1) is 17.6 Å². The highest BCUT2D eigenvalue weighted by Crippen LogP contribution is 2.25. The Morgan fingerprint density at radius 1 is 1.13 bits per heavy atom. The zero-order valence-electron chi connectivity index (χ0n) is 17.1. The first-order valence-electron chi connectivity index (χ1n) is 9.80. The zero-order valence-corrected chi connectivity index (χ0v) is 18.7. The van der Waals surface area contributed by atoms with Crippen molar-refractivity contribution in [3.05, 3.63) is 75.5 Å². The second kappa shape index (κ2) is 9.96. The van der Waals surface area contributed by atoms with Crippen molar-refractivity contribution >= 4 is 27.7 Å². The summed E-state index contributed by atoms with van der Waals surface area (Å²) in [4.78, 5) is 20.0. The first-order chi connectivity index (χ1) is 14.7. The molecular weight excluding hydrogens is 468 g/mol. The number of hydrogen-bond donors (Lipinski definition) is 2. The largest absolute Gasteiger partial charge is 0.478 e. The third-order valence-electron chi connectivity index (χ3n) is 4.71. The maximum Gasteiger partial charge on any atom is 0.335 e. The summed E-state index contributed by atoms with van der Waals surface area (Å²) < 4.78 is 28.3. The van der Waals surface area contributed by atoms with Gasteiger partial charge in [0, 0.05) is 28.2 Å². The standard InChI is InChI=1S/C23H22BrF2N3O2/c1-13(2)7-15-8-14(3-4-17(15)23(30)31)21-11-22(29-12-28-21)27-6-5-18-19(25)9-16(24)10-20(18)26/h3-4,8-13H,5-7H2,1-2H3,(H,30,31)(H,27,28,29). The number of nitrogens with zero attached hydrogens (tertiary/aromatic N) is 2. The molecule has 2 N–H and O–H groups in total. The molecule has 8 heteroatoms. The van der Waals surface area contributed by atoms with E-state index >= 15 is 0 Å². The fourth-order valence-electron chi connectivity index (χ4n) is 3.31. The minimum Gasteiger partial charge on any atom is -0.478 e. The van der Waals surface area contributed by atoms with E-state index in [0.717, 1.165) is 11.1 Å². The lowest BCUT2D eigenvalue weighted by molar-refractivity contribution is 0.0695. The first-order valence-corrected chi connectivity index (χ1v) is 10.6. The van der Waals surface area contributed by atoms with Gasteiger partial charge >= 0.3 is 5.97 Å². The summed E-state index contributed by atoms with van der Waals surface area (Å²) in [6.45, 7) is 4.34. The van der Waals surface area contributed by atoms with Crippen LogP contribution < -0.4 is 5.32 Å². The summed E-state index contributed by atoms with van der Waals surface area (Å²) in [5.74, 6) is -1.35. The number of carbonyl (C=O) groups is 1. The van der Waals surface area contributed by atoms with Gasteiger partial charge in [0.2, 0.25) is 0 Å². The molecule has 31 heavy (non-hydrogen) atoms. The molecule has 0 radical (unpaired) electrons. The summed E-state index contributed by atoms with van der Waals surface area (Å²) in [5.41, 5.74) is 2.43. The van der Waals surface area contributed by atoms with Gasteiger partial charge < -0.3 is 10.4 Å². The lowest BCUT2D eigenvalue weighted by Crippen LogP contribution is -2.09. The van der Waals surface area contributed by atoms with Crippen molar-refractivity contribution in [2.24, 2.45) is 5.92 Å². The Morgan fingerprint density at radius 2 is 1.84 bits per heavy atom. The topological polar surface area (TPSA) is 75.1 Å². The quantitative estimate of drug-likeness (QED) is 0.422. The van der Waals surface area contributed by atoms with Crippen molar-refractivity contribution in [2.45, 2.75) is 26.7 Å². The fraction of sp³-hybridized carbons (Fsp3) is 0.261. The van der Waals surface area contributed by atoms with Crippen molar-refractivity contribution < 1.29 is 18.7 Å². The molecule has 162 valence electrons. The Bertz CT molecular complexity index is 1080. The van der Waals surface area contributed by atoms with Crippen LogP contribution in [-0.2, 0) is 12.8 Å². The van der Waals surface area contributed by atoms with Crippen LogP contribution in [0.25, 0.3) is 11.3 Å². The number of carboxylic acids is 1. The summed E-state index contributed by atoms with van der Waals surface area (Å²) in [7, 11) is 0. The highest BCUT2D eigenvalue weighted by molar-refractivity contribution is 9.10. The fourth-order valence-corrected chi connectivity index (χ4v) is 3.71. The van der Waals surface area contributed by atoms with Crippen molar-refractivity contribution in [3.8, 4) is 11.3 Å². The second-order valence-corrected chi connectivity index (χ2v) is 8.50. The monoisotopic (exact) mass is 489 g/mol. The predicted molar refractivity (Wildman–Crippen MR) is 119 cm³/mol. The van der Waals surface area contributed by atoms with E-state index < -0.39 is 17.6 Å². The van der Waals surface area contributed by atoms with Crippen LogP contribution in [0.1, 0.15) is 35.3 Å². The summed E-state index contributed by atoms with van der Waals surface area (Å²) in [5, 5.41) is 12.5. The Hall–Kier alpha value is -2.87. The Kier molecular flexibility index (Phi) is 7.33. The van der Waals surface area contributed by atoms with Gasteiger partial charge in [0.1, 0.15) is 23.8 Å². The SMILES string of the molecule is CC(C)Cc1cc(-c2cc(NCCc3c(F)cc(Br)cc3F)ncn2)ccc1C(=O)O. The first kappa shape index (κ1) is 22.8. The maximum atomic E-state index is 14.0. The van der Waals surface area contributed by atoms with Crippen LogP contribution in [0.4, 0.5) is 14.6 Å².